The molecule has 0 heterocycles. The minimum absolute atomic E-state index is 0.486. The minimum atomic E-state index is -0.856. The van der Waals surface area contributed by atoms with E-state index < -0.39 is 11.9 Å². The van der Waals surface area contributed by atoms with Crippen LogP contribution >= 0.6 is 11.6 Å². The SMILES string of the molecule is CC#CCCC(C(=O)O)c1ccccc1Cl. The highest BCUT2D eigenvalue weighted by atomic mass is 35.5. The Morgan fingerprint density at radius 2 is 2.19 bits per heavy atom. The molecule has 1 aromatic carbocycles. The first-order chi connectivity index (χ1) is 7.66. The molecule has 0 spiro atoms. The highest BCUT2D eigenvalue weighted by Crippen LogP contribution is 2.28. The molecule has 1 rings (SSSR count). The Labute approximate surface area is 100 Å². The first kappa shape index (κ1) is 12.6. The van der Waals surface area contributed by atoms with E-state index in [4.69, 9.17) is 16.7 Å². The van der Waals surface area contributed by atoms with Crippen LogP contribution in [-0.2, 0) is 4.79 Å². The van der Waals surface area contributed by atoms with Gasteiger partial charge in [0.1, 0.15) is 0 Å². The predicted octanol–water partition coefficient (Wildman–Crippen LogP) is 3.31. The zero-order valence-corrected chi connectivity index (χ0v) is 9.79. The number of benzene rings is 1. The highest BCUT2D eigenvalue weighted by molar-refractivity contribution is 6.31. The zero-order valence-electron chi connectivity index (χ0n) is 9.03. The third kappa shape index (κ3) is 3.29. The molecule has 1 atom stereocenters. The Morgan fingerprint density at radius 1 is 1.50 bits per heavy atom. The van der Waals surface area contributed by atoms with Gasteiger partial charge in [-0.25, -0.2) is 0 Å². The lowest BCUT2D eigenvalue weighted by atomic mass is 9.94. The molecular formula is C13H13ClO2. The summed E-state index contributed by atoms with van der Waals surface area (Å²) in [6.07, 6.45) is 1.05. The fourth-order valence-corrected chi connectivity index (χ4v) is 1.78. The molecule has 0 aliphatic heterocycles. The van der Waals surface area contributed by atoms with Crippen molar-refractivity contribution in [2.24, 2.45) is 0 Å². The lowest BCUT2D eigenvalue weighted by Crippen LogP contribution is -2.11. The van der Waals surface area contributed by atoms with Gasteiger partial charge in [0.2, 0.25) is 0 Å². The summed E-state index contributed by atoms with van der Waals surface area (Å²) in [5, 5.41) is 9.64. The minimum Gasteiger partial charge on any atom is -0.481 e. The molecule has 0 bridgehead atoms. The maximum absolute atomic E-state index is 11.1. The van der Waals surface area contributed by atoms with Crippen LogP contribution in [0.3, 0.4) is 0 Å². The van der Waals surface area contributed by atoms with Crippen molar-refractivity contribution >= 4 is 17.6 Å². The van der Waals surface area contributed by atoms with Crippen LogP contribution in [0.5, 0.6) is 0 Å². The summed E-state index contributed by atoms with van der Waals surface area (Å²) in [6, 6.07) is 7.04. The maximum atomic E-state index is 11.1. The molecule has 0 radical (unpaired) electrons. The molecule has 16 heavy (non-hydrogen) atoms. The molecule has 0 saturated heterocycles. The second-order valence-electron chi connectivity index (χ2n) is 3.38. The second kappa shape index (κ2) is 6.19. The van der Waals surface area contributed by atoms with E-state index in [1.54, 1.807) is 31.2 Å². The third-order valence-electron chi connectivity index (χ3n) is 2.31. The van der Waals surface area contributed by atoms with Crippen LogP contribution in [0.15, 0.2) is 24.3 Å². The first-order valence-corrected chi connectivity index (χ1v) is 5.41. The molecule has 1 N–H and O–H groups in total. The quantitative estimate of drug-likeness (QED) is 0.815. The number of hydrogen-bond donors (Lipinski definition) is 1. The van der Waals surface area contributed by atoms with Gasteiger partial charge in [0.05, 0.1) is 5.92 Å². The lowest BCUT2D eigenvalue weighted by molar-refractivity contribution is -0.138. The van der Waals surface area contributed by atoms with Crippen LogP contribution in [0.2, 0.25) is 5.02 Å². The molecular weight excluding hydrogens is 224 g/mol. The average Bonchev–Trinajstić information content (AvgIpc) is 2.25. The van der Waals surface area contributed by atoms with Gasteiger partial charge < -0.3 is 5.11 Å². The number of rotatable bonds is 4. The molecule has 84 valence electrons. The van der Waals surface area contributed by atoms with E-state index >= 15 is 0 Å². The predicted molar refractivity (Wildman–Crippen MR) is 64.5 cm³/mol. The van der Waals surface area contributed by atoms with Crippen LogP contribution in [-0.4, -0.2) is 11.1 Å². The van der Waals surface area contributed by atoms with Gasteiger partial charge in [0, 0.05) is 11.4 Å². The maximum Gasteiger partial charge on any atom is 0.311 e. The number of carbonyl (C=O) groups is 1. The first-order valence-electron chi connectivity index (χ1n) is 5.03. The highest BCUT2D eigenvalue weighted by Gasteiger charge is 2.21. The van der Waals surface area contributed by atoms with Crippen LogP contribution in [0.1, 0.15) is 31.2 Å². The van der Waals surface area contributed by atoms with Gasteiger partial charge in [-0.2, -0.15) is 0 Å². The summed E-state index contributed by atoms with van der Waals surface area (Å²) in [4.78, 5) is 11.1. The van der Waals surface area contributed by atoms with Gasteiger partial charge >= 0.3 is 5.97 Å². The van der Waals surface area contributed by atoms with Gasteiger partial charge in [-0.3, -0.25) is 4.79 Å². The van der Waals surface area contributed by atoms with E-state index in [1.165, 1.54) is 0 Å². The summed E-state index contributed by atoms with van der Waals surface area (Å²) >= 11 is 5.98. The van der Waals surface area contributed by atoms with Gasteiger partial charge in [-0.1, -0.05) is 29.8 Å². The molecule has 2 nitrogen and oxygen atoms in total. The second-order valence-corrected chi connectivity index (χ2v) is 3.78. The van der Waals surface area contributed by atoms with Gasteiger partial charge in [0.25, 0.3) is 0 Å². The number of carboxylic acid groups (broad SMARTS) is 1. The topological polar surface area (TPSA) is 37.3 Å². The van der Waals surface area contributed by atoms with Crippen molar-refractivity contribution in [3.63, 3.8) is 0 Å². The third-order valence-corrected chi connectivity index (χ3v) is 2.66. The van der Waals surface area contributed by atoms with Crippen molar-refractivity contribution in [1.82, 2.24) is 0 Å². The average molecular weight is 237 g/mol. The van der Waals surface area contributed by atoms with Crippen molar-refractivity contribution in [3.8, 4) is 11.8 Å². The fourth-order valence-electron chi connectivity index (χ4n) is 1.51. The molecule has 1 unspecified atom stereocenters. The van der Waals surface area contributed by atoms with Gasteiger partial charge in [-0.15, -0.1) is 11.8 Å². The van der Waals surface area contributed by atoms with Crippen molar-refractivity contribution in [3.05, 3.63) is 34.9 Å². The van der Waals surface area contributed by atoms with Crippen molar-refractivity contribution in [2.75, 3.05) is 0 Å². The van der Waals surface area contributed by atoms with E-state index in [-0.39, 0.29) is 0 Å². The summed E-state index contributed by atoms with van der Waals surface area (Å²) in [7, 11) is 0. The summed E-state index contributed by atoms with van der Waals surface area (Å²) in [5.74, 6) is 4.19. The number of hydrogen-bond acceptors (Lipinski definition) is 1. The van der Waals surface area contributed by atoms with E-state index in [0.29, 0.717) is 23.4 Å². The van der Waals surface area contributed by atoms with Crippen LogP contribution in [0.4, 0.5) is 0 Å². The Hall–Kier alpha value is -1.46. The van der Waals surface area contributed by atoms with E-state index in [2.05, 4.69) is 11.8 Å². The van der Waals surface area contributed by atoms with Crippen LogP contribution < -0.4 is 0 Å². The molecule has 0 fully saturated rings. The summed E-state index contributed by atoms with van der Waals surface area (Å²) in [6.45, 7) is 1.74. The largest absolute Gasteiger partial charge is 0.481 e. The molecule has 1 aromatic rings. The molecule has 0 aliphatic rings. The monoisotopic (exact) mass is 236 g/mol. The molecule has 0 aliphatic carbocycles. The van der Waals surface area contributed by atoms with Gasteiger partial charge in [0.15, 0.2) is 0 Å². The Kier molecular flexibility index (Phi) is 4.88. The van der Waals surface area contributed by atoms with Crippen molar-refractivity contribution in [2.45, 2.75) is 25.7 Å². The number of aliphatic carboxylic acids is 1. The Bertz CT molecular complexity index is 429. The van der Waals surface area contributed by atoms with Crippen molar-refractivity contribution < 1.29 is 9.90 Å². The Balaban J connectivity index is 2.88. The van der Waals surface area contributed by atoms with Crippen LogP contribution in [0.25, 0.3) is 0 Å². The van der Waals surface area contributed by atoms with Gasteiger partial charge in [-0.05, 0) is 25.0 Å². The van der Waals surface area contributed by atoms with E-state index in [0.717, 1.165) is 0 Å². The lowest BCUT2D eigenvalue weighted by Gasteiger charge is -2.12. The zero-order chi connectivity index (χ0) is 12.0. The summed E-state index contributed by atoms with van der Waals surface area (Å²) < 4.78 is 0. The fraction of sp³-hybridized carbons (Fsp3) is 0.308. The standard InChI is InChI=1S/C13H13ClO2/c1-2-3-4-8-11(13(15)16)10-7-5-6-9-12(10)14/h5-7,9,11H,4,8H2,1H3,(H,15,16). The number of carboxylic acids is 1. The molecule has 3 heteroatoms. The molecule has 0 saturated carbocycles. The Morgan fingerprint density at radius 3 is 2.75 bits per heavy atom. The summed E-state index contributed by atoms with van der Waals surface area (Å²) in [5.41, 5.74) is 0.662. The van der Waals surface area contributed by atoms with Crippen molar-refractivity contribution in [1.29, 1.82) is 0 Å². The molecule has 0 amide bonds. The number of halogens is 1. The normalized spacial score (nSPS) is 11.4. The van der Waals surface area contributed by atoms with E-state index in [9.17, 15) is 4.79 Å². The van der Waals surface area contributed by atoms with E-state index in [1.807, 2.05) is 0 Å². The molecule has 0 aromatic heterocycles. The smallest absolute Gasteiger partial charge is 0.311 e. The van der Waals surface area contributed by atoms with Crippen LogP contribution in [0, 0.1) is 11.8 Å².